The van der Waals surface area contributed by atoms with E-state index in [1.807, 2.05) is 20.8 Å². The molecular formula is C10H20O5. The summed E-state index contributed by atoms with van der Waals surface area (Å²) in [4.78, 5) is 0. The molecule has 1 aliphatic heterocycles. The highest BCUT2D eigenvalue weighted by Crippen LogP contribution is 2.25. The lowest BCUT2D eigenvalue weighted by Gasteiger charge is -2.42. The van der Waals surface area contributed by atoms with Gasteiger partial charge >= 0.3 is 0 Å². The number of rotatable bonds is 1. The first kappa shape index (κ1) is 12.9. The van der Waals surface area contributed by atoms with Crippen LogP contribution in [-0.4, -0.2) is 51.6 Å². The lowest BCUT2D eigenvalue weighted by atomic mass is 9.98. The first-order chi connectivity index (χ1) is 6.72. The van der Waals surface area contributed by atoms with Crippen molar-refractivity contribution in [3.05, 3.63) is 0 Å². The van der Waals surface area contributed by atoms with Gasteiger partial charge in [0.05, 0.1) is 11.7 Å². The van der Waals surface area contributed by atoms with Crippen molar-refractivity contribution in [1.82, 2.24) is 0 Å². The molecule has 0 saturated carbocycles. The van der Waals surface area contributed by atoms with Gasteiger partial charge in [-0.05, 0) is 27.7 Å². The van der Waals surface area contributed by atoms with E-state index in [1.165, 1.54) is 0 Å². The van der Waals surface area contributed by atoms with Crippen molar-refractivity contribution in [3.63, 3.8) is 0 Å². The predicted molar refractivity (Wildman–Crippen MR) is 53.2 cm³/mol. The van der Waals surface area contributed by atoms with E-state index in [0.717, 1.165) is 0 Å². The summed E-state index contributed by atoms with van der Waals surface area (Å²) in [5.41, 5.74) is -0.439. The van der Waals surface area contributed by atoms with Gasteiger partial charge in [-0.1, -0.05) is 0 Å². The molecule has 0 aromatic carbocycles. The van der Waals surface area contributed by atoms with Crippen LogP contribution in [0.25, 0.3) is 0 Å². The van der Waals surface area contributed by atoms with Crippen LogP contribution in [0, 0.1) is 0 Å². The summed E-state index contributed by atoms with van der Waals surface area (Å²) in [6, 6.07) is 0. The molecule has 5 heteroatoms. The van der Waals surface area contributed by atoms with Crippen LogP contribution in [0.4, 0.5) is 0 Å². The van der Waals surface area contributed by atoms with Crippen LogP contribution in [-0.2, 0) is 9.47 Å². The summed E-state index contributed by atoms with van der Waals surface area (Å²) in [7, 11) is 0. The third-order valence-corrected chi connectivity index (χ3v) is 2.29. The molecule has 1 saturated heterocycles. The molecule has 0 amide bonds. The van der Waals surface area contributed by atoms with Crippen molar-refractivity contribution in [3.8, 4) is 0 Å². The van der Waals surface area contributed by atoms with Crippen molar-refractivity contribution in [2.75, 3.05) is 0 Å². The smallest absolute Gasteiger partial charge is 0.183 e. The topological polar surface area (TPSA) is 79.2 Å². The van der Waals surface area contributed by atoms with Crippen LogP contribution >= 0.6 is 0 Å². The summed E-state index contributed by atoms with van der Waals surface area (Å²) < 4.78 is 10.6. The molecule has 90 valence electrons. The van der Waals surface area contributed by atoms with E-state index < -0.39 is 36.3 Å². The molecule has 1 aliphatic rings. The highest BCUT2D eigenvalue weighted by atomic mass is 16.6. The Balaban J connectivity index is 2.70. The summed E-state index contributed by atoms with van der Waals surface area (Å²) in [6.45, 7) is 7.24. The summed E-state index contributed by atoms with van der Waals surface area (Å²) in [5.74, 6) is 0. The molecule has 3 N–H and O–H groups in total. The second kappa shape index (κ2) is 4.35. The molecular weight excluding hydrogens is 200 g/mol. The van der Waals surface area contributed by atoms with Crippen LogP contribution in [0.3, 0.4) is 0 Å². The van der Waals surface area contributed by atoms with E-state index in [0.29, 0.717) is 0 Å². The molecule has 5 nitrogen and oxygen atoms in total. The first-order valence-corrected chi connectivity index (χ1v) is 5.10. The summed E-state index contributed by atoms with van der Waals surface area (Å²) >= 11 is 0. The van der Waals surface area contributed by atoms with Crippen LogP contribution in [0.2, 0.25) is 0 Å². The van der Waals surface area contributed by atoms with Crippen molar-refractivity contribution in [2.24, 2.45) is 0 Å². The number of ether oxygens (including phenoxy) is 2. The molecule has 1 fully saturated rings. The molecule has 0 aromatic rings. The number of aliphatic hydroxyl groups is 3. The Labute approximate surface area is 89.6 Å². The van der Waals surface area contributed by atoms with E-state index in [2.05, 4.69) is 0 Å². The van der Waals surface area contributed by atoms with Gasteiger partial charge in [-0.15, -0.1) is 0 Å². The fourth-order valence-corrected chi connectivity index (χ4v) is 1.59. The van der Waals surface area contributed by atoms with Crippen molar-refractivity contribution in [1.29, 1.82) is 0 Å². The van der Waals surface area contributed by atoms with Crippen molar-refractivity contribution < 1.29 is 24.8 Å². The zero-order valence-electron chi connectivity index (χ0n) is 9.54. The van der Waals surface area contributed by atoms with E-state index in [1.54, 1.807) is 6.92 Å². The Morgan fingerprint density at radius 3 is 2.07 bits per heavy atom. The van der Waals surface area contributed by atoms with Gasteiger partial charge < -0.3 is 24.8 Å². The summed E-state index contributed by atoms with van der Waals surface area (Å²) in [6.07, 6.45) is -4.91. The van der Waals surface area contributed by atoms with Crippen LogP contribution < -0.4 is 0 Å². The largest absolute Gasteiger partial charge is 0.387 e. The van der Waals surface area contributed by atoms with E-state index in [-0.39, 0.29) is 0 Å². The quantitative estimate of drug-likeness (QED) is 0.562. The first-order valence-electron chi connectivity index (χ1n) is 5.10. The second-order valence-electron chi connectivity index (χ2n) is 4.91. The third-order valence-electron chi connectivity index (χ3n) is 2.29. The normalized spacial score (nSPS) is 43.0. The van der Waals surface area contributed by atoms with Gasteiger partial charge in [-0.3, -0.25) is 0 Å². The highest BCUT2D eigenvalue weighted by molar-refractivity contribution is 4.89. The Morgan fingerprint density at radius 2 is 1.60 bits per heavy atom. The van der Waals surface area contributed by atoms with Gasteiger partial charge in [0, 0.05) is 0 Å². The summed E-state index contributed by atoms with van der Waals surface area (Å²) in [5, 5.41) is 28.4. The van der Waals surface area contributed by atoms with Gasteiger partial charge in [0.25, 0.3) is 0 Å². The van der Waals surface area contributed by atoms with E-state index in [4.69, 9.17) is 9.47 Å². The minimum atomic E-state index is -1.35. The molecule has 1 heterocycles. The Kier molecular flexibility index (Phi) is 3.73. The number of hydrogen-bond acceptors (Lipinski definition) is 5. The zero-order chi connectivity index (χ0) is 11.8. The van der Waals surface area contributed by atoms with Crippen molar-refractivity contribution in [2.45, 2.75) is 64.0 Å². The SMILES string of the molecule is CC1OC(O)C(O)C(O)C1OC(C)(C)C. The van der Waals surface area contributed by atoms with Crippen LogP contribution in [0.1, 0.15) is 27.7 Å². The standard InChI is InChI=1S/C10H20O5/c1-5-8(15-10(2,3)4)6(11)7(12)9(13)14-5/h5-9,11-13H,1-4H3. The monoisotopic (exact) mass is 220 g/mol. The maximum Gasteiger partial charge on any atom is 0.183 e. The number of aliphatic hydroxyl groups excluding tert-OH is 3. The average molecular weight is 220 g/mol. The average Bonchev–Trinajstić information content (AvgIpc) is 2.07. The van der Waals surface area contributed by atoms with Crippen LogP contribution in [0.15, 0.2) is 0 Å². The Hall–Kier alpha value is -0.200. The Morgan fingerprint density at radius 1 is 1.07 bits per heavy atom. The zero-order valence-corrected chi connectivity index (χ0v) is 9.54. The third kappa shape index (κ3) is 3.12. The predicted octanol–water partition coefficient (Wildman–Crippen LogP) is -0.371. The molecule has 0 radical (unpaired) electrons. The molecule has 0 aromatic heterocycles. The lowest BCUT2D eigenvalue weighted by Crippen LogP contribution is -2.58. The van der Waals surface area contributed by atoms with Crippen LogP contribution in [0.5, 0.6) is 0 Å². The van der Waals surface area contributed by atoms with Crippen molar-refractivity contribution >= 4 is 0 Å². The molecule has 5 atom stereocenters. The van der Waals surface area contributed by atoms with Gasteiger partial charge in [0.15, 0.2) is 6.29 Å². The Bertz CT molecular complexity index is 212. The maximum absolute atomic E-state index is 9.73. The fraction of sp³-hybridized carbons (Fsp3) is 1.00. The molecule has 0 spiro atoms. The molecule has 15 heavy (non-hydrogen) atoms. The number of hydrogen-bond donors (Lipinski definition) is 3. The lowest BCUT2D eigenvalue weighted by molar-refractivity contribution is -0.297. The molecule has 5 unspecified atom stereocenters. The van der Waals surface area contributed by atoms with Gasteiger partial charge in [0.1, 0.15) is 18.3 Å². The highest BCUT2D eigenvalue weighted by Gasteiger charge is 2.44. The minimum absolute atomic E-state index is 0.439. The molecule has 0 aliphatic carbocycles. The minimum Gasteiger partial charge on any atom is -0.387 e. The second-order valence-corrected chi connectivity index (χ2v) is 4.91. The molecule has 1 rings (SSSR count). The van der Waals surface area contributed by atoms with Gasteiger partial charge in [0.2, 0.25) is 0 Å². The van der Waals surface area contributed by atoms with Gasteiger partial charge in [-0.2, -0.15) is 0 Å². The van der Waals surface area contributed by atoms with Gasteiger partial charge in [-0.25, -0.2) is 0 Å². The van der Waals surface area contributed by atoms with E-state index in [9.17, 15) is 15.3 Å². The maximum atomic E-state index is 9.73. The molecule has 0 bridgehead atoms. The van der Waals surface area contributed by atoms with E-state index >= 15 is 0 Å². The fourth-order valence-electron chi connectivity index (χ4n) is 1.59.